The maximum absolute atomic E-state index is 14.8. The van der Waals surface area contributed by atoms with Gasteiger partial charge in [0, 0.05) is 42.8 Å². The Balaban J connectivity index is 1.49. The van der Waals surface area contributed by atoms with E-state index in [0.717, 1.165) is 5.56 Å². The van der Waals surface area contributed by atoms with Crippen molar-refractivity contribution in [3.05, 3.63) is 58.0 Å². The van der Waals surface area contributed by atoms with E-state index < -0.39 is 12.0 Å². The lowest BCUT2D eigenvalue weighted by molar-refractivity contribution is -0.125. The van der Waals surface area contributed by atoms with E-state index >= 15 is 0 Å². The molecule has 0 radical (unpaired) electrons. The first-order valence-corrected chi connectivity index (χ1v) is 11.6. The van der Waals surface area contributed by atoms with Crippen molar-refractivity contribution >= 4 is 23.4 Å². The molecule has 2 fully saturated rings. The summed E-state index contributed by atoms with van der Waals surface area (Å²) < 4.78 is 20.5. The largest absolute Gasteiger partial charge is 0.477 e. The predicted octanol–water partition coefficient (Wildman–Crippen LogP) is 3.78. The first kappa shape index (κ1) is 23.4. The van der Waals surface area contributed by atoms with Crippen molar-refractivity contribution in [2.45, 2.75) is 51.9 Å². The molecule has 1 saturated heterocycles. The van der Waals surface area contributed by atoms with Gasteiger partial charge in [0.1, 0.15) is 12.0 Å². The third-order valence-corrected chi connectivity index (χ3v) is 6.31. The summed E-state index contributed by atoms with van der Waals surface area (Å²) in [6, 6.07) is 6.11. The van der Waals surface area contributed by atoms with Crippen LogP contribution < -0.4 is 20.7 Å². The van der Waals surface area contributed by atoms with Crippen LogP contribution in [-0.4, -0.2) is 23.4 Å². The molecular formula is C24H28ClFN4O3. The van der Waals surface area contributed by atoms with Crippen LogP contribution in [0.1, 0.15) is 62.0 Å². The van der Waals surface area contributed by atoms with E-state index in [4.69, 9.17) is 16.3 Å². The van der Waals surface area contributed by atoms with E-state index in [1.807, 2.05) is 6.07 Å². The van der Waals surface area contributed by atoms with Gasteiger partial charge in [-0.2, -0.15) is 0 Å². The molecule has 176 valence electrons. The molecule has 1 saturated carbocycles. The van der Waals surface area contributed by atoms with Crippen molar-refractivity contribution < 1.29 is 18.7 Å². The number of carbonyl (C=O) groups is 2. The number of hydrogen-bond donors (Lipinski definition) is 3. The molecule has 33 heavy (non-hydrogen) atoms. The second-order valence-electron chi connectivity index (χ2n) is 8.91. The number of amides is 2. The zero-order valence-corrected chi connectivity index (χ0v) is 19.4. The summed E-state index contributed by atoms with van der Waals surface area (Å²) in [5, 5.41) is 8.98. The average molecular weight is 475 g/mol. The normalized spacial score (nSPS) is 20.5. The Labute approximate surface area is 197 Å². The summed E-state index contributed by atoms with van der Waals surface area (Å²) in [5.41, 5.74) is 1.51. The lowest BCUT2D eigenvalue weighted by atomic mass is 9.99. The van der Waals surface area contributed by atoms with Gasteiger partial charge in [0.15, 0.2) is 0 Å². The zero-order chi connectivity index (χ0) is 23.5. The molecule has 9 heteroatoms. The Morgan fingerprint density at radius 1 is 1.30 bits per heavy atom. The second kappa shape index (κ2) is 10.1. The lowest BCUT2D eigenvalue weighted by Gasteiger charge is -2.33. The summed E-state index contributed by atoms with van der Waals surface area (Å²) >= 11 is 6.53. The summed E-state index contributed by atoms with van der Waals surface area (Å²) in [4.78, 5) is 28.7. The minimum absolute atomic E-state index is 0.127. The highest BCUT2D eigenvalue weighted by Crippen LogP contribution is 2.33. The Morgan fingerprint density at radius 2 is 2.09 bits per heavy atom. The minimum atomic E-state index is -0.824. The number of pyridine rings is 1. The van der Waals surface area contributed by atoms with E-state index in [1.165, 1.54) is 25.0 Å². The van der Waals surface area contributed by atoms with Crippen LogP contribution in [0, 0.1) is 17.7 Å². The number of aromatic nitrogens is 1. The van der Waals surface area contributed by atoms with Crippen molar-refractivity contribution in [3.8, 4) is 5.88 Å². The third kappa shape index (κ3) is 5.81. The smallest absolute Gasteiger partial charge is 0.223 e. The van der Waals surface area contributed by atoms with Gasteiger partial charge in [-0.15, -0.1) is 0 Å². The summed E-state index contributed by atoms with van der Waals surface area (Å²) in [6.45, 7) is 4.41. The number of rotatable bonds is 8. The van der Waals surface area contributed by atoms with Crippen molar-refractivity contribution in [1.29, 1.82) is 0 Å². The van der Waals surface area contributed by atoms with E-state index in [9.17, 15) is 14.0 Å². The van der Waals surface area contributed by atoms with Crippen LogP contribution >= 0.6 is 11.6 Å². The highest BCUT2D eigenvalue weighted by Gasteiger charge is 2.32. The molecule has 2 atom stereocenters. The van der Waals surface area contributed by atoms with Crippen molar-refractivity contribution in [1.82, 2.24) is 20.9 Å². The molecule has 0 bridgehead atoms. The van der Waals surface area contributed by atoms with Crippen LogP contribution in [0.5, 0.6) is 5.88 Å². The maximum Gasteiger partial charge on any atom is 0.223 e. The van der Waals surface area contributed by atoms with Crippen LogP contribution in [0.2, 0.25) is 5.02 Å². The van der Waals surface area contributed by atoms with Crippen LogP contribution in [-0.2, 0) is 16.1 Å². The van der Waals surface area contributed by atoms with Gasteiger partial charge < -0.3 is 15.4 Å². The van der Waals surface area contributed by atoms with E-state index in [-0.39, 0.29) is 47.3 Å². The highest BCUT2D eigenvalue weighted by molar-refractivity contribution is 6.32. The molecule has 1 aromatic heterocycles. The predicted molar refractivity (Wildman–Crippen MR) is 122 cm³/mol. The maximum atomic E-state index is 14.8. The van der Waals surface area contributed by atoms with Crippen LogP contribution in [0.4, 0.5) is 4.39 Å². The molecule has 3 N–H and O–H groups in total. The van der Waals surface area contributed by atoms with E-state index in [2.05, 4.69) is 20.9 Å². The van der Waals surface area contributed by atoms with E-state index in [0.29, 0.717) is 24.0 Å². The van der Waals surface area contributed by atoms with Gasteiger partial charge in [-0.05, 0) is 36.0 Å². The average Bonchev–Trinajstić information content (AvgIpc) is 3.61. The Bertz CT molecular complexity index is 1030. The van der Waals surface area contributed by atoms with Gasteiger partial charge in [0.25, 0.3) is 0 Å². The van der Waals surface area contributed by atoms with Gasteiger partial charge >= 0.3 is 0 Å². The minimum Gasteiger partial charge on any atom is -0.477 e. The van der Waals surface area contributed by atoms with Gasteiger partial charge in [-0.3, -0.25) is 14.9 Å². The molecule has 4 rings (SSSR count). The quantitative estimate of drug-likeness (QED) is 0.541. The molecule has 2 aromatic rings. The second-order valence-corrected chi connectivity index (χ2v) is 9.29. The van der Waals surface area contributed by atoms with Crippen LogP contribution in [0.15, 0.2) is 30.5 Å². The molecule has 1 aliphatic heterocycles. The number of ether oxygens (including phenoxy) is 1. The van der Waals surface area contributed by atoms with Crippen LogP contribution in [0.25, 0.3) is 0 Å². The monoisotopic (exact) mass is 474 g/mol. The number of nitrogens with zero attached hydrogens (tertiary/aromatic N) is 1. The summed E-state index contributed by atoms with van der Waals surface area (Å²) in [5.74, 6) is 0.102. The number of hydrogen-bond acceptors (Lipinski definition) is 5. The van der Waals surface area contributed by atoms with Gasteiger partial charge in [0.2, 0.25) is 17.7 Å². The first-order valence-electron chi connectivity index (χ1n) is 11.2. The molecule has 2 heterocycles. The lowest BCUT2D eigenvalue weighted by Crippen LogP contribution is -2.47. The van der Waals surface area contributed by atoms with Crippen molar-refractivity contribution in [3.63, 3.8) is 0 Å². The SMILES string of the molecule is CC(C)C(=O)NCc1ccc(F)c(C2NC(=O)CC(c3ccc(OCC4CC4)nc3)N2)c1Cl. The number of carbonyl (C=O) groups excluding carboxylic acids is 2. The van der Waals surface area contributed by atoms with Crippen molar-refractivity contribution in [2.75, 3.05) is 6.61 Å². The molecule has 2 amide bonds. The Morgan fingerprint density at radius 3 is 2.76 bits per heavy atom. The first-order chi connectivity index (χ1) is 15.8. The fourth-order valence-corrected chi connectivity index (χ4v) is 3.98. The fraction of sp³-hybridized carbons (Fsp3) is 0.458. The Hall–Kier alpha value is -2.71. The standard InChI is InChI=1S/C24H28ClFN4O3/c1-13(2)24(32)28-11-16-5-7-17(26)21(22(16)25)23-29-18(9-19(31)30-23)15-6-8-20(27-10-15)33-12-14-3-4-14/h5-8,10,13-14,18,23,29H,3-4,9,11-12H2,1-2H3,(H,28,32)(H,30,31). The van der Waals surface area contributed by atoms with Gasteiger partial charge in [-0.25, -0.2) is 9.37 Å². The molecule has 1 aliphatic carbocycles. The third-order valence-electron chi connectivity index (χ3n) is 5.86. The molecule has 0 spiro atoms. The van der Waals surface area contributed by atoms with Gasteiger partial charge in [-0.1, -0.05) is 37.6 Å². The molecular weight excluding hydrogens is 447 g/mol. The van der Waals surface area contributed by atoms with Crippen molar-refractivity contribution in [2.24, 2.45) is 11.8 Å². The topological polar surface area (TPSA) is 92.4 Å². The molecule has 7 nitrogen and oxygen atoms in total. The number of halogens is 2. The molecule has 2 unspecified atom stereocenters. The summed E-state index contributed by atoms with van der Waals surface area (Å²) in [7, 11) is 0. The highest BCUT2D eigenvalue weighted by atomic mass is 35.5. The Kier molecular flexibility index (Phi) is 7.14. The zero-order valence-electron chi connectivity index (χ0n) is 18.7. The van der Waals surface area contributed by atoms with Gasteiger partial charge in [0.05, 0.1) is 11.6 Å². The van der Waals surface area contributed by atoms with E-state index in [1.54, 1.807) is 26.1 Å². The van der Waals surface area contributed by atoms with Crippen LogP contribution in [0.3, 0.4) is 0 Å². The number of benzene rings is 1. The fourth-order valence-electron chi connectivity index (χ4n) is 3.65. The molecule has 2 aliphatic rings. The summed E-state index contributed by atoms with van der Waals surface area (Å²) in [6.07, 6.45) is 3.43. The molecule has 1 aromatic carbocycles. The number of nitrogens with one attached hydrogen (secondary N) is 3.